The topological polar surface area (TPSA) is 229 Å². The van der Waals surface area contributed by atoms with E-state index >= 15 is 0 Å². The number of aliphatic imine (C=N–C) groups is 1. The number of rotatable bonds is 8. The van der Waals surface area contributed by atoms with Crippen molar-refractivity contribution in [2.75, 3.05) is 18.8 Å². The SMILES string of the molecule is CC(C)(C)OC(=O)N1CCC[C@H]1C(=O)NC(CCCN=C(N)N)C(=O)O.Nc1ccc([N+](=O)[O-])cc1. The number of nitrogens with zero attached hydrogens (tertiary/aromatic N) is 3. The summed E-state index contributed by atoms with van der Waals surface area (Å²) in [6.07, 6.45) is 1.12. The number of hydrogen-bond acceptors (Lipinski definition) is 8. The molecular weight excluding hydrogens is 474 g/mol. The van der Waals surface area contributed by atoms with Crippen LogP contribution in [-0.4, -0.2) is 69.6 Å². The van der Waals surface area contributed by atoms with Crippen LogP contribution in [0.4, 0.5) is 16.2 Å². The van der Waals surface area contributed by atoms with E-state index < -0.39 is 40.6 Å². The first-order valence-corrected chi connectivity index (χ1v) is 11.3. The van der Waals surface area contributed by atoms with Gasteiger partial charge in [0, 0.05) is 30.9 Å². The van der Waals surface area contributed by atoms with Crippen LogP contribution in [0.25, 0.3) is 0 Å². The first-order valence-electron chi connectivity index (χ1n) is 11.3. The van der Waals surface area contributed by atoms with E-state index in [4.69, 9.17) is 21.9 Å². The number of nitro benzene ring substituents is 1. The molecule has 1 aromatic rings. The first-order chi connectivity index (χ1) is 16.7. The van der Waals surface area contributed by atoms with Crippen LogP contribution >= 0.6 is 0 Å². The molecule has 0 aromatic heterocycles. The molecule has 1 aliphatic rings. The van der Waals surface area contributed by atoms with Crippen molar-refractivity contribution in [1.29, 1.82) is 0 Å². The number of carbonyl (C=O) groups excluding carboxylic acids is 2. The lowest BCUT2D eigenvalue weighted by atomic mass is 10.1. The van der Waals surface area contributed by atoms with Crippen LogP contribution in [0.2, 0.25) is 0 Å². The smallest absolute Gasteiger partial charge is 0.410 e. The second-order valence-corrected chi connectivity index (χ2v) is 9.03. The Hall–Kier alpha value is -4.10. The van der Waals surface area contributed by atoms with Crippen LogP contribution in [0.15, 0.2) is 29.3 Å². The molecule has 1 fully saturated rings. The van der Waals surface area contributed by atoms with E-state index in [1.54, 1.807) is 20.8 Å². The van der Waals surface area contributed by atoms with Crippen molar-refractivity contribution in [2.24, 2.45) is 16.5 Å². The molecule has 0 aliphatic carbocycles. The Morgan fingerprint density at radius 3 is 2.39 bits per heavy atom. The van der Waals surface area contributed by atoms with Gasteiger partial charge in [-0.15, -0.1) is 0 Å². The van der Waals surface area contributed by atoms with Gasteiger partial charge in [-0.05, 0) is 58.6 Å². The predicted octanol–water partition coefficient (Wildman–Crippen LogP) is 1.19. The second kappa shape index (κ2) is 13.7. The van der Waals surface area contributed by atoms with Gasteiger partial charge in [0.1, 0.15) is 17.7 Å². The standard InChI is InChI=1S/C16H29N5O5.C6H6N2O2/c1-16(2,3)26-15(25)21-9-5-7-11(21)12(22)20-10(13(23)24)6-4-8-19-14(17)18;7-5-1-3-6(4-2-5)8(9)10/h10-11H,4-9H2,1-3H3,(H,20,22)(H,23,24)(H4,17,18,19);1-4H,7H2/t10?,11-;/m0./s1. The summed E-state index contributed by atoms with van der Waals surface area (Å²) in [4.78, 5) is 50.8. The largest absolute Gasteiger partial charge is 0.480 e. The number of ether oxygens (including phenoxy) is 1. The van der Waals surface area contributed by atoms with Crippen molar-refractivity contribution >= 4 is 35.3 Å². The van der Waals surface area contributed by atoms with E-state index in [1.807, 2.05) is 0 Å². The van der Waals surface area contributed by atoms with Crippen molar-refractivity contribution in [3.8, 4) is 0 Å². The number of carboxylic acids is 1. The summed E-state index contributed by atoms with van der Waals surface area (Å²) in [5, 5.41) is 21.9. The Morgan fingerprint density at radius 1 is 1.28 bits per heavy atom. The number of nitrogens with one attached hydrogen (secondary N) is 1. The number of anilines is 1. The monoisotopic (exact) mass is 509 g/mol. The molecular formula is C22H35N7O7. The Labute approximate surface area is 209 Å². The van der Waals surface area contributed by atoms with E-state index in [9.17, 15) is 29.6 Å². The summed E-state index contributed by atoms with van der Waals surface area (Å²) >= 11 is 0. The number of benzene rings is 1. The van der Waals surface area contributed by atoms with Gasteiger partial charge in [-0.2, -0.15) is 0 Å². The normalized spacial score (nSPS) is 15.6. The van der Waals surface area contributed by atoms with Crippen LogP contribution in [-0.2, 0) is 14.3 Å². The molecule has 2 rings (SSSR count). The maximum absolute atomic E-state index is 12.5. The number of nitrogen functional groups attached to an aromatic ring is 1. The lowest BCUT2D eigenvalue weighted by Crippen LogP contribution is -2.51. The molecule has 1 aliphatic heterocycles. The summed E-state index contributed by atoms with van der Waals surface area (Å²) in [7, 11) is 0. The molecule has 1 saturated heterocycles. The van der Waals surface area contributed by atoms with Gasteiger partial charge in [-0.3, -0.25) is 24.8 Å². The molecule has 8 N–H and O–H groups in total. The maximum atomic E-state index is 12.5. The van der Waals surface area contributed by atoms with Crippen molar-refractivity contribution in [1.82, 2.24) is 10.2 Å². The minimum Gasteiger partial charge on any atom is -0.480 e. The molecule has 0 radical (unpaired) electrons. The number of aliphatic carboxylic acids is 1. The summed E-state index contributed by atoms with van der Waals surface area (Å²) in [5.74, 6) is -1.72. The molecule has 2 atom stereocenters. The number of likely N-dealkylation sites (tertiary alicyclic amines) is 1. The molecule has 36 heavy (non-hydrogen) atoms. The Morgan fingerprint density at radius 2 is 1.89 bits per heavy atom. The maximum Gasteiger partial charge on any atom is 0.410 e. The predicted molar refractivity (Wildman–Crippen MR) is 133 cm³/mol. The highest BCUT2D eigenvalue weighted by Crippen LogP contribution is 2.21. The third-order valence-corrected chi connectivity index (χ3v) is 4.85. The summed E-state index contributed by atoms with van der Waals surface area (Å²) in [6.45, 7) is 5.90. The van der Waals surface area contributed by atoms with Gasteiger partial charge in [0.15, 0.2) is 5.96 Å². The van der Waals surface area contributed by atoms with Gasteiger partial charge in [-0.1, -0.05) is 0 Å². The quantitative estimate of drug-likeness (QED) is 0.0838. The van der Waals surface area contributed by atoms with Gasteiger partial charge < -0.3 is 32.4 Å². The molecule has 1 aromatic carbocycles. The molecule has 14 nitrogen and oxygen atoms in total. The lowest BCUT2D eigenvalue weighted by Gasteiger charge is -2.28. The highest BCUT2D eigenvalue weighted by molar-refractivity contribution is 5.89. The van der Waals surface area contributed by atoms with E-state index in [-0.39, 0.29) is 24.6 Å². The number of nitro groups is 1. The number of non-ortho nitro benzene ring substituents is 1. The molecule has 0 spiro atoms. The van der Waals surface area contributed by atoms with Gasteiger partial charge in [0.05, 0.1) is 4.92 Å². The van der Waals surface area contributed by atoms with Gasteiger partial charge in [0.25, 0.3) is 5.69 Å². The Kier molecular flexibility index (Phi) is 11.4. The van der Waals surface area contributed by atoms with Crippen LogP contribution in [0.3, 0.4) is 0 Å². The summed E-state index contributed by atoms with van der Waals surface area (Å²) in [5.41, 5.74) is 15.7. The highest BCUT2D eigenvalue weighted by Gasteiger charge is 2.37. The summed E-state index contributed by atoms with van der Waals surface area (Å²) in [6, 6.07) is 3.93. The van der Waals surface area contributed by atoms with Crippen molar-refractivity contribution in [3.63, 3.8) is 0 Å². The average molecular weight is 510 g/mol. The Bertz CT molecular complexity index is 941. The number of nitrogens with two attached hydrogens (primary N) is 3. The van der Waals surface area contributed by atoms with Gasteiger partial charge in [-0.25, -0.2) is 9.59 Å². The molecule has 200 valence electrons. The Balaban J connectivity index is 0.000000537. The van der Waals surface area contributed by atoms with Gasteiger partial charge in [0.2, 0.25) is 5.91 Å². The number of carbonyl (C=O) groups is 3. The van der Waals surface area contributed by atoms with E-state index in [0.29, 0.717) is 31.5 Å². The fraction of sp³-hybridized carbons (Fsp3) is 0.545. The zero-order valence-electron chi connectivity index (χ0n) is 20.7. The van der Waals surface area contributed by atoms with Crippen LogP contribution in [0.5, 0.6) is 0 Å². The zero-order valence-corrected chi connectivity index (χ0v) is 20.7. The number of hydrogen-bond donors (Lipinski definition) is 5. The fourth-order valence-corrected chi connectivity index (χ4v) is 3.20. The zero-order chi connectivity index (χ0) is 27.5. The minimum atomic E-state index is -1.15. The molecule has 0 saturated carbocycles. The van der Waals surface area contributed by atoms with Crippen molar-refractivity contribution < 1.29 is 29.2 Å². The van der Waals surface area contributed by atoms with Crippen LogP contribution in [0.1, 0.15) is 46.5 Å². The molecule has 1 unspecified atom stereocenters. The number of amides is 2. The van der Waals surface area contributed by atoms with Crippen LogP contribution in [0, 0.1) is 10.1 Å². The van der Waals surface area contributed by atoms with E-state index in [1.165, 1.54) is 29.2 Å². The lowest BCUT2D eigenvalue weighted by molar-refractivity contribution is -0.384. The van der Waals surface area contributed by atoms with Crippen LogP contribution < -0.4 is 22.5 Å². The number of carboxylic acid groups (broad SMARTS) is 1. The molecule has 14 heteroatoms. The number of guanidine groups is 1. The molecule has 2 amide bonds. The van der Waals surface area contributed by atoms with Crippen molar-refractivity contribution in [3.05, 3.63) is 34.4 Å². The van der Waals surface area contributed by atoms with Crippen molar-refractivity contribution in [2.45, 2.75) is 64.1 Å². The molecule has 1 heterocycles. The minimum absolute atomic E-state index is 0.0641. The van der Waals surface area contributed by atoms with E-state index in [2.05, 4.69) is 10.3 Å². The molecule has 0 bridgehead atoms. The third-order valence-electron chi connectivity index (χ3n) is 4.85. The third kappa shape index (κ3) is 10.9. The second-order valence-electron chi connectivity index (χ2n) is 9.03. The average Bonchev–Trinajstić information content (AvgIpc) is 3.25. The highest BCUT2D eigenvalue weighted by atomic mass is 16.6. The first kappa shape index (κ1) is 29.9. The summed E-state index contributed by atoms with van der Waals surface area (Å²) < 4.78 is 5.31. The van der Waals surface area contributed by atoms with Gasteiger partial charge >= 0.3 is 12.1 Å². The fourth-order valence-electron chi connectivity index (χ4n) is 3.20. The van der Waals surface area contributed by atoms with E-state index in [0.717, 1.165) is 0 Å².